The number of carbonyl (C=O) groups excluding carboxylic acids is 2. The molecule has 7 nitrogen and oxygen atoms in total. The van der Waals surface area contributed by atoms with Gasteiger partial charge in [-0.2, -0.15) is 5.10 Å². The molecular weight excluding hydrogens is 222 g/mol. The second-order valence-electron chi connectivity index (χ2n) is 4.10. The van der Waals surface area contributed by atoms with Gasteiger partial charge in [0.05, 0.1) is 17.9 Å². The van der Waals surface area contributed by atoms with Crippen LogP contribution >= 0.6 is 0 Å². The number of aryl methyl sites for hydroxylation is 1. The molecule has 1 aromatic rings. The molecule has 0 unspecified atom stereocenters. The average molecular weight is 239 g/mol. The van der Waals surface area contributed by atoms with Gasteiger partial charge >= 0.3 is 0 Å². The lowest BCUT2D eigenvalue weighted by Crippen LogP contribution is -2.43. The number of rotatable bonds is 4. The zero-order valence-electron chi connectivity index (χ0n) is 10.2. The molecule has 7 heteroatoms. The molecule has 0 fully saturated rings. The highest BCUT2D eigenvalue weighted by Gasteiger charge is 2.25. The molecule has 17 heavy (non-hydrogen) atoms. The zero-order valence-corrected chi connectivity index (χ0v) is 10.2. The molecule has 5 N–H and O–H groups in total. The van der Waals surface area contributed by atoms with Crippen LogP contribution in [0.5, 0.6) is 0 Å². The number of hydrogen-bond acceptors (Lipinski definition) is 4. The number of aromatic nitrogens is 2. The molecule has 94 valence electrons. The highest BCUT2D eigenvalue weighted by Crippen LogP contribution is 2.16. The van der Waals surface area contributed by atoms with Crippen LogP contribution in [0.3, 0.4) is 0 Å². The molecule has 0 aliphatic carbocycles. The number of carbonyl (C=O) groups is 2. The zero-order chi connectivity index (χ0) is 13.2. The van der Waals surface area contributed by atoms with Crippen LogP contribution in [0.2, 0.25) is 0 Å². The Labute approximate surface area is 99.1 Å². The summed E-state index contributed by atoms with van der Waals surface area (Å²) >= 11 is 0. The van der Waals surface area contributed by atoms with Gasteiger partial charge in [0.15, 0.2) is 5.69 Å². The van der Waals surface area contributed by atoms with Crippen LogP contribution in [0.25, 0.3) is 0 Å². The van der Waals surface area contributed by atoms with Crippen LogP contribution in [0.1, 0.15) is 30.0 Å². The summed E-state index contributed by atoms with van der Waals surface area (Å²) in [5, 5.41) is 6.46. The normalized spacial score (nSPS) is 10.6. The molecule has 0 radical (unpaired) electrons. The molecule has 0 aliphatic rings. The maximum Gasteiger partial charge on any atom is 0.277 e. The average Bonchev–Trinajstić information content (AvgIpc) is 2.55. The van der Waals surface area contributed by atoms with Crippen molar-refractivity contribution in [3.63, 3.8) is 0 Å². The lowest BCUT2D eigenvalue weighted by Gasteiger charge is -2.24. The van der Waals surface area contributed by atoms with Gasteiger partial charge in [0, 0.05) is 6.04 Å². The number of nitrogens with zero attached hydrogens (tertiary/aromatic N) is 2. The first-order valence-electron chi connectivity index (χ1n) is 5.24. The van der Waals surface area contributed by atoms with Crippen molar-refractivity contribution in [2.75, 3.05) is 12.3 Å². The van der Waals surface area contributed by atoms with Crippen molar-refractivity contribution in [3.8, 4) is 0 Å². The van der Waals surface area contributed by atoms with E-state index in [1.54, 1.807) is 20.8 Å². The van der Waals surface area contributed by atoms with Crippen molar-refractivity contribution in [1.82, 2.24) is 15.1 Å². The first kappa shape index (κ1) is 13.0. The van der Waals surface area contributed by atoms with E-state index in [9.17, 15) is 9.59 Å². The summed E-state index contributed by atoms with van der Waals surface area (Å²) in [6.07, 6.45) is 0. The van der Waals surface area contributed by atoms with E-state index in [1.807, 2.05) is 0 Å². The van der Waals surface area contributed by atoms with E-state index in [1.165, 1.54) is 4.90 Å². The molecule has 1 rings (SSSR count). The summed E-state index contributed by atoms with van der Waals surface area (Å²) in [5.41, 5.74) is 11.9. The van der Waals surface area contributed by atoms with Crippen molar-refractivity contribution in [2.24, 2.45) is 5.73 Å². The van der Waals surface area contributed by atoms with Crippen LogP contribution in [0.15, 0.2) is 0 Å². The SMILES string of the molecule is Cc1[nH]nc(C(=O)N(CC(N)=O)C(C)C)c1N. The lowest BCUT2D eigenvalue weighted by atomic mass is 10.2. The van der Waals surface area contributed by atoms with Crippen LogP contribution in [-0.2, 0) is 4.79 Å². The second-order valence-corrected chi connectivity index (χ2v) is 4.10. The molecule has 0 aromatic carbocycles. The van der Waals surface area contributed by atoms with Crippen LogP contribution in [-0.4, -0.2) is 39.5 Å². The molecule has 0 bridgehead atoms. The summed E-state index contributed by atoms with van der Waals surface area (Å²) in [6, 6.07) is -0.161. The van der Waals surface area contributed by atoms with Gasteiger partial charge in [-0.25, -0.2) is 0 Å². The van der Waals surface area contributed by atoms with Gasteiger partial charge in [-0.15, -0.1) is 0 Å². The molecule has 0 saturated carbocycles. The first-order valence-corrected chi connectivity index (χ1v) is 5.24. The standard InChI is InChI=1S/C10H17N5O2/c1-5(2)15(4-7(11)16)10(17)9-8(12)6(3)13-14-9/h5H,4,12H2,1-3H3,(H2,11,16)(H,13,14). The number of anilines is 1. The quantitative estimate of drug-likeness (QED) is 0.664. The van der Waals surface area contributed by atoms with Gasteiger partial charge < -0.3 is 16.4 Å². The lowest BCUT2D eigenvalue weighted by molar-refractivity contribution is -0.119. The molecule has 0 saturated heterocycles. The minimum absolute atomic E-state index is 0.123. The smallest absolute Gasteiger partial charge is 0.277 e. The van der Waals surface area contributed by atoms with E-state index in [-0.39, 0.29) is 18.3 Å². The maximum atomic E-state index is 12.1. The third-order valence-electron chi connectivity index (χ3n) is 2.41. The Kier molecular flexibility index (Phi) is 3.72. The predicted octanol–water partition coefficient (Wildman–Crippen LogP) is -0.364. The fourth-order valence-electron chi connectivity index (χ4n) is 1.39. The highest BCUT2D eigenvalue weighted by atomic mass is 16.2. The van der Waals surface area contributed by atoms with Crippen molar-refractivity contribution in [3.05, 3.63) is 11.4 Å². The Morgan fingerprint density at radius 1 is 1.47 bits per heavy atom. The van der Waals surface area contributed by atoms with Crippen LogP contribution < -0.4 is 11.5 Å². The minimum atomic E-state index is -0.571. The molecule has 0 atom stereocenters. The Morgan fingerprint density at radius 3 is 2.41 bits per heavy atom. The Morgan fingerprint density at radius 2 is 2.06 bits per heavy atom. The van der Waals surface area contributed by atoms with Crippen molar-refractivity contribution in [1.29, 1.82) is 0 Å². The van der Waals surface area contributed by atoms with E-state index in [2.05, 4.69) is 10.2 Å². The summed E-state index contributed by atoms with van der Waals surface area (Å²) < 4.78 is 0. The third kappa shape index (κ3) is 2.74. The summed E-state index contributed by atoms with van der Waals surface area (Å²) in [5.74, 6) is -0.974. The number of aromatic amines is 1. The van der Waals surface area contributed by atoms with Crippen molar-refractivity contribution in [2.45, 2.75) is 26.8 Å². The first-order chi connectivity index (χ1) is 7.84. The van der Waals surface area contributed by atoms with Crippen LogP contribution in [0.4, 0.5) is 5.69 Å². The number of nitrogens with one attached hydrogen (secondary N) is 1. The topological polar surface area (TPSA) is 118 Å². The molecule has 1 aromatic heterocycles. The van der Waals surface area contributed by atoms with E-state index < -0.39 is 11.8 Å². The number of hydrogen-bond donors (Lipinski definition) is 3. The molecule has 0 spiro atoms. The molecule has 1 heterocycles. The van der Waals surface area contributed by atoms with Gasteiger partial charge in [0.25, 0.3) is 5.91 Å². The van der Waals surface area contributed by atoms with Crippen molar-refractivity contribution < 1.29 is 9.59 Å². The Hall–Kier alpha value is -2.05. The fraction of sp³-hybridized carbons (Fsp3) is 0.500. The highest BCUT2D eigenvalue weighted by molar-refractivity contribution is 5.99. The Bertz CT molecular complexity index is 438. The number of nitrogen functional groups attached to an aromatic ring is 1. The van der Waals surface area contributed by atoms with Gasteiger partial charge in [-0.1, -0.05) is 0 Å². The Balaban J connectivity index is 3.00. The number of nitrogens with two attached hydrogens (primary N) is 2. The molecule has 0 aliphatic heterocycles. The van der Waals surface area contributed by atoms with E-state index in [0.717, 1.165) is 0 Å². The molecule has 2 amide bonds. The minimum Gasteiger partial charge on any atom is -0.395 e. The number of primary amides is 1. The van der Waals surface area contributed by atoms with Crippen LogP contribution in [0, 0.1) is 6.92 Å². The van der Waals surface area contributed by atoms with E-state index in [4.69, 9.17) is 11.5 Å². The van der Waals surface area contributed by atoms with Gasteiger partial charge in [-0.3, -0.25) is 14.7 Å². The third-order valence-corrected chi connectivity index (χ3v) is 2.41. The summed E-state index contributed by atoms with van der Waals surface area (Å²) in [7, 11) is 0. The monoisotopic (exact) mass is 239 g/mol. The second kappa shape index (κ2) is 4.86. The number of H-pyrrole nitrogens is 1. The van der Waals surface area contributed by atoms with Gasteiger partial charge in [-0.05, 0) is 20.8 Å². The summed E-state index contributed by atoms with van der Waals surface area (Å²) in [4.78, 5) is 24.3. The fourth-order valence-corrected chi connectivity index (χ4v) is 1.39. The van der Waals surface area contributed by atoms with Gasteiger partial charge in [0.1, 0.15) is 0 Å². The number of amides is 2. The predicted molar refractivity (Wildman–Crippen MR) is 63.1 cm³/mol. The van der Waals surface area contributed by atoms with E-state index >= 15 is 0 Å². The largest absolute Gasteiger partial charge is 0.395 e. The molecular formula is C10H17N5O2. The maximum absolute atomic E-state index is 12.1. The van der Waals surface area contributed by atoms with Crippen molar-refractivity contribution >= 4 is 17.5 Å². The summed E-state index contributed by atoms with van der Waals surface area (Å²) in [6.45, 7) is 5.14. The van der Waals surface area contributed by atoms with Gasteiger partial charge in [0.2, 0.25) is 5.91 Å². The van der Waals surface area contributed by atoms with E-state index in [0.29, 0.717) is 11.4 Å².